The minimum atomic E-state index is 0.0811. The Morgan fingerprint density at radius 3 is 2.84 bits per heavy atom. The summed E-state index contributed by atoms with van der Waals surface area (Å²) in [7, 11) is 0. The van der Waals surface area contributed by atoms with Gasteiger partial charge in [0, 0.05) is 31.1 Å². The molecular weight excluding hydrogens is 242 g/mol. The third-order valence-corrected chi connectivity index (χ3v) is 4.21. The van der Waals surface area contributed by atoms with Crippen molar-refractivity contribution in [2.75, 3.05) is 45.9 Å². The first-order valence-electron chi connectivity index (χ1n) is 7.41. The quantitative estimate of drug-likeness (QED) is 0.766. The van der Waals surface area contributed by atoms with E-state index < -0.39 is 0 Å². The SMILES string of the molecule is CC1(C)COCCN1CCNC(=O)C1CCNCC1. The highest BCUT2D eigenvalue weighted by molar-refractivity contribution is 5.78. The van der Waals surface area contributed by atoms with Crippen LogP contribution < -0.4 is 10.6 Å². The highest BCUT2D eigenvalue weighted by atomic mass is 16.5. The van der Waals surface area contributed by atoms with Gasteiger partial charge in [0.25, 0.3) is 0 Å². The Labute approximate surface area is 116 Å². The van der Waals surface area contributed by atoms with Crippen molar-refractivity contribution in [3.63, 3.8) is 0 Å². The number of nitrogens with one attached hydrogen (secondary N) is 2. The molecule has 2 aliphatic rings. The zero-order valence-corrected chi connectivity index (χ0v) is 12.2. The molecule has 0 atom stereocenters. The van der Waals surface area contributed by atoms with Gasteiger partial charge in [0.15, 0.2) is 0 Å². The maximum atomic E-state index is 12.0. The standard InChI is InChI=1S/C14H27N3O2/c1-14(2)11-19-10-9-17(14)8-7-16-13(18)12-3-5-15-6-4-12/h12,15H,3-11H2,1-2H3,(H,16,18). The molecular formula is C14H27N3O2. The summed E-state index contributed by atoms with van der Waals surface area (Å²) >= 11 is 0. The molecule has 0 bridgehead atoms. The van der Waals surface area contributed by atoms with E-state index >= 15 is 0 Å². The van der Waals surface area contributed by atoms with Gasteiger partial charge >= 0.3 is 0 Å². The fourth-order valence-corrected chi connectivity index (χ4v) is 2.85. The molecule has 2 heterocycles. The van der Waals surface area contributed by atoms with Crippen LogP contribution in [0.25, 0.3) is 0 Å². The molecule has 0 aromatic heterocycles. The van der Waals surface area contributed by atoms with Crippen LogP contribution in [0.5, 0.6) is 0 Å². The van der Waals surface area contributed by atoms with E-state index in [0.29, 0.717) is 0 Å². The largest absolute Gasteiger partial charge is 0.378 e. The molecule has 110 valence electrons. The van der Waals surface area contributed by atoms with Crippen molar-refractivity contribution in [2.24, 2.45) is 5.92 Å². The van der Waals surface area contributed by atoms with Crippen molar-refractivity contribution >= 4 is 5.91 Å². The summed E-state index contributed by atoms with van der Waals surface area (Å²) in [5.74, 6) is 0.437. The third-order valence-electron chi connectivity index (χ3n) is 4.21. The van der Waals surface area contributed by atoms with Crippen LogP contribution in [0.1, 0.15) is 26.7 Å². The molecule has 5 nitrogen and oxygen atoms in total. The third kappa shape index (κ3) is 4.16. The fraction of sp³-hybridized carbons (Fsp3) is 0.929. The van der Waals surface area contributed by atoms with E-state index in [1.54, 1.807) is 0 Å². The number of piperidine rings is 1. The number of amides is 1. The molecule has 2 aliphatic heterocycles. The number of carbonyl (C=O) groups excluding carboxylic acids is 1. The molecule has 0 spiro atoms. The highest BCUT2D eigenvalue weighted by Gasteiger charge is 2.30. The van der Waals surface area contributed by atoms with Crippen LogP contribution in [0.2, 0.25) is 0 Å². The van der Waals surface area contributed by atoms with Crippen LogP contribution in [-0.2, 0) is 9.53 Å². The molecule has 1 amide bonds. The summed E-state index contributed by atoms with van der Waals surface area (Å²) in [6, 6.07) is 0. The van der Waals surface area contributed by atoms with Crippen molar-refractivity contribution in [3.8, 4) is 0 Å². The predicted octanol–water partition coefficient (Wildman–Crippen LogP) is 0.213. The van der Waals surface area contributed by atoms with E-state index in [1.807, 2.05) is 0 Å². The van der Waals surface area contributed by atoms with Crippen molar-refractivity contribution in [1.29, 1.82) is 0 Å². The Hall–Kier alpha value is -0.650. The van der Waals surface area contributed by atoms with E-state index in [2.05, 4.69) is 29.4 Å². The number of hydrogen-bond acceptors (Lipinski definition) is 4. The maximum Gasteiger partial charge on any atom is 0.223 e. The lowest BCUT2D eigenvalue weighted by Crippen LogP contribution is -2.55. The molecule has 0 radical (unpaired) electrons. The van der Waals surface area contributed by atoms with Crippen LogP contribution in [0.3, 0.4) is 0 Å². The van der Waals surface area contributed by atoms with Crippen LogP contribution >= 0.6 is 0 Å². The van der Waals surface area contributed by atoms with Crippen LogP contribution in [-0.4, -0.2) is 62.3 Å². The second-order valence-corrected chi connectivity index (χ2v) is 6.17. The first kappa shape index (κ1) is 14.8. The number of carbonyl (C=O) groups is 1. The van der Waals surface area contributed by atoms with Gasteiger partial charge in [-0.05, 0) is 39.8 Å². The number of hydrogen-bond donors (Lipinski definition) is 2. The monoisotopic (exact) mass is 269 g/mol. The molecule has 19 heavy (non-hydrogen) atoms. The van der Waals surface area contributed by atoms with Gasteiger partial charge in [-0.1, -0.05) is 0 Å². The number of nitrogens with zero attached hydrogens (tertiary/aromatic N) is 1. The van der Waals surface area contributed by atoms with Gasteiger partial charge in [0.2, 0.25) is 5.91 Å². The first-order chi connectivity index (χ1) is 9.09. The van der Waals surface area contributed by atoms with Gasteiger partial charge in [-0.15, -0.1) is 0 Å². The first-order valence-corrected chi connectivity index (χ1v) is 7.41. The van der Waals surface area contributed by atoms with Crippen molar-refractivity contribution in [2.45, 2.75) is 32.2 Å². The van der Waals surface area contributed by atoms with Gasteiger partial charge in [0.1, 0.15) is 0 Å². The van der Waals surface area contributed by atoms with Gasteiger partial charge < -0.3 is 15.4 Å². The Kier molecular flexibility index (Phi) is 5.19. The van der Waals surface area contributed by atoms with Crippen molar-refractivity contribution in [1.82, 2.24) is 15.5 Å². The Morgan fingerprint density at radius 1 is 1.42 bits per heavy atom. The molecule has 2 N–H and O–H groups in total. The lowest BCUT2D eigenvalue weighted by Gasteiger charge is -2.42. The second kappa shape index (κ2) is 6.68. The van der Waals surface area contributed by atoms with E-state index in [4.69, 9.17) is 4.74 Å². The van der Waals surface area contributed by atoms with Crippen LogP contribution in [0.15, 0.2) is 0 Å². The van der Waals surface area contributed by atoms with Crippen molar-refractivity contribution in [3.05, 3.63) is 0 Å². The van der Waals surface area contributed by atoms with E-state index in [9.17, 15) is 4.79 Å². The number of rotatable bonds is 4. The zero-order chi connectivity index (χ0) is 13.7. The van der Waals surface area contributed by atoms with Crippen LogP contribution in [0.4, 0.5) is 0 Å². The Balaban J connectivity index is 1.69. The average Bonchev–Trinajstić information content (AvgIpc) is 2.41. The second-order valence-electron chi connectivity index (χ2n) is 6.17. The molecule has 5 heteroatoms. The van der Waals surface area contributed by atoms with Gasteiger partial charge in [-0.2, -0.15) is 0 Å². The van der Waals surface area contributed by atoms with E-state index in [1.165, 1.54) is 0 Å². The number of ether oxygens (including phenoxy) is 1. The highest BCUT2D eigenvalue weighted by Crippen LogP contribution is 2.18. The molecule has 0 saturated carbocycles. The Bertz CT molecular complexity index is 301. The van der Waals surface area contributed by atoms with E-state index in [0.717, 1.165) is 58.8 Å². The van der Waals surface area contributed by atoms with Gasteiger partial charge in [-0.3, -0.25) is 9.69 Å². The summed E-state index contributed by atoms with van der Waals surface area (Å²) in [4.78, 5) is 14.4. The fourth-order valence-electron chi connectivity index (χ4n) is 2.85. The minimum Gasteiger partial charge on any atom is -0.378 e. The van der Waals surface area contributed by atoms with Crippen LogP contribution in [0, 0.1) is 5.92 Å². The summed E-state index contributed by atoms with van der Waals surface area (Å²) in [6.07, 6.45) is 1.93. The number of morpholine rings is 1. The molecule has 0 aromatic carbocycles. The maximum absolute atomic E-state index is 12.0. The molecule has 0 aliphatic carbocycles. The van der Waals surface area contributed by atoms with E-state index in [-0.39, 0.29) is 17.4 Å². The Morgan fingerprint density at radius 2 is 2.16 bits per heavy atom. The molecule has 2 rings (SSSR count). The lowest BCUT2D eigenvalue weighted by molar-refractivity contribution is -0.126. The summed E-state index contributed by atoms with van der Waals surface area (Å²) in [6.45, 7) is 10.5. The average molecular weight is 269 g/mol. The lowest BCUT2D eigenvalue weighted by atomic mass is 9.97. The predicted molar refractivity (Wildman–Crippen MR) is 75.1 cm³/mol. The van der Waals surface area contributed by atoms with Crippen molar-refractivity contribution < 1.29 is 9.53 Å². The van der Waals surface area contributed by atoms with Gasteiger partial charge in [-0.25, -0.2) is 0 Å². The summed E-state index contributed by atoms with van der Waals surface area (Å²) in [5, 5.41) is 6.37. The summed E-state index contributed by atoms with van der Waals surface area (Å²) in [5.41, 5.74) is 0.0811. The topological polar surface area (TPSA) is 53.6 Å². The molecule has 0 unspecified atom stereocenters. The normalized spacial score (nSPS) is 25.2. The van der Waals surface area contributed by atoms with Gasteiger partial charge in [0.05, 0.1) is 13.2 Å². The smallest absolute Gasteiger partial charge is 0.223 e. The molecule has 2 saturated heterocycles. The molecule has 0 aromatic rings. The molecule has 2 fully saturated rings. The summed E-state index contributed by atoms with van der Waals surface area (Å²) < 4.78 is 5.50. The zero-order valence-electron chi connectivity index (χ0n) is 12.2. The minimum absolute atomic E-state index is 0.0811.